The molecule has 3 nitrogen and oxygen atoms in total. The average Bonchev–Trinajstić information content (AvgIpc) is 2.62. The fraction of sp³-hybridized carbons (Fsp3) is 1.00. The van der Waals surface area contributed by atoms with E-state index in [1.807, 2.05) is 0 Å². The zero-order valence-corrected chi connectivity index (χ0v) is 9.50. The van der Waals surface area contributed by atoms with Gasteiger partial charge in [0.2, 0.25) is 0 Å². The topological polar surface area (TPSA) is 18.5 Å². The quantitative estimate of drug-likeness (QED) is 0.689. The fourth-order valence-corrected chi connectivity index (χ4v) is 2.75. The molecule has 2 aliphatic heterocycles. The Kier molecular flexibility index (Phi) is 3.42. The molecule has 2 heterocycles. The molecule has 2 unspecified atom stereocenters. The number of hydrogen-bond donors (Lipinski definition) is 1. The highest BCUT2D eigenvalue weighted by atomic mass is 15.2. The van der Waals surface area contributed by atoms with Crippen molar-refractivity contribution in [3.63, 3.8) is 0 Å². The molecule has 0 aliphatic carbocycles. The van der Waals surface area contributed by atoms with Crippen LogP contribution in [0.5, 0.6) is 0 Å². The third kappa shape index (κ3) is 2.47. The highest BCUT2D eigenvalue weighted by Crippen LogP contribution is 2.25. The molecule has 0 aromatic carbocycles. The highest BCUT2D eigenvalue weighted by Gasteiger charge is 2.35. The molecular formula is C11H23N3. The van der Waals surface area contributed by atoms with Crippen LogP contribution in [0, 0.1) is 11.8 Å². The van der Waals surface area contributed by atoms with Gasteiger partial charge in [0, 0.05) is 13.1 Å². The van der Waals surface area contributed by atoms with Gasteiger partial charge in [-0.15, -0.1) is 0 Å². The van der Waals surface area contributed by atoms with Crippen molar-refractivity contribution in [2.45, 2.75) is 6.42 Å². The van der Waals surface area contributed by atoms with Crippen LogP contribution in [0.15, 0.2) is 0 Å². The SMILES string of the molecule is CN(C)CCCN1CC2CNCC2C1. The van der Waals surface area contributed by atoms with Crippen LogP contribution in [0.3, 0.4) is 0 Å². The van der Waals surface area contributed by atoms with E-state index in [2.05, 4.69) is 29.2 Å². The molecular weight excluding hydrogens is 174 g/mol. The maximum atomic E-state index is 3.48. The lowest BCUT2D eigenvalue weighted by atomic mass is 10.0. The monoisotopic (exact) mass is 197 g/mol. The smallest absolute Gasteiger partial charge is 0.00256 e. The minimum absolute atomic E-state index is 0.953. The van der Waals surface area contributed by atoms with E-state index < -0.39 is 0 Å². The normalized spacial score (nSPS) is 32.8. The molecule has 2 aliphatic rings. The first kappa shape index (κ1) is 10.4. The molecule has 0 aromatic heterocycles. The predicted octanol–water partition coefficient (Wildman–Crippen LogP) is 0.0893. The van der Waals surface area contributed by atoms with Gasteiger partial charge >= 0.3 is 0 Å². The van der Waals surface area contributed by atoms with E-state index >= 15 is 0 Å². The van der Waals surface area contributed by atoms with Gasteiger partial charge in [-0.05, 0) is 58.5 Å². The van der Waals surface area contributed by atoms with Gasteiger partial charge in [-0.1, -0.05) is 0 Å². The van der Waals surface area contributed by atoms with Gasteiger partial charge in [-0.25, -0.2) is 0 Å². The van der Waals surface area contributed by atoms with E-state index in [0.29, 0.717) is 0 Å². The van der Waals surface area contributed by atoms with E-state index in [4.69, 9.17) is 0 Å². The Bertz CT molecular complexity index is 169. The summed E-state index contributed by atoms with van der Waals surface area (Å²) in [6, 6.07) is 0. The summed E-state index contributed by atoms with van der Waals surface area (Å²) < 4.78 is 0. The summed E-state index contributed by atoms with van der Waals surface area (Å²) >= 11 is 0. The molecule has 2 fully saturated rings. The molecule has 14 heavy (non-hydrogen) atoms. The minimum Gasteiger partial charge on any atom is -0.316 e. The number of nitrogens with one attached hydrogen (secondary N) is 1. The maximum Gasteiger partial charge on any atom is 0.00256 e. The van der Waals surface area contributed by atoms with Crippen molar-refractivity contribution in [1.29, 1.82) is 0 Å². The molecule has 0 spiro atoms. The van der Waals surface area contributed by atoms with Crippen molar-refractivity contribution in [3.8, 4) is 0 Å². The summed E-state index contributed by atoms with van der Waals surface area (Å²) in [5.74, 6) is 1.91. The number of fused-ring (bicyclic) bond motifs is 1. The lowest BCUT2D eigenvalue weighted by Crippen LogP contribution is -2.28. The Labute approximate surface area is 87.4 Å². The Morgan fingerprint density at radius 2 is 1.86 bits per heavy atom. The molecule has 0 aromatic rings. The van der Waals surface area contributed by atoms with Crippen molar-refractivity contribution in [2.75, 3.05) is 53.4 Å². The van der Waals surface area contributed by atoms with Crippen LogP contribution in [0.4, 0.5) is 0 Å². The van der Waals surface area contributed by atoms with Gasteiger partial charge in [0.05, 0.1) is 0 Å². The van der Waals surface area contributed by atoms with E-state index in [0.717, 1.165) is 11.8 Å². The van der Waals surface area contributed by atoms with Gasteiger partial charge in [-0.3, -0.25) is 0 Å². The first-order valence-electron chi connectivity index (χ1n) is 5.83. The van der Waals surface area contributed by atoms with Crippen molar-refractivity contribution in [1.82, 2.24) is 15.1 Å². The van der Waals surface area contributed by atoms with E-state index in [9.17, 15) is 0 Å². The summed E-state index contributed by atoms with van der Waals surface area (Å²) in [4.78, 5) is 4.93. The Balaban J connectivity index is 1.64. The van der Waals surface area contributed by atoms with Crippen LogP contribution < -0.4 is 5.32 Å². The predicted molar refractivity (Wildman–Crippen MR) is 59.5 cm³/mol. The van der Waals surface area contributed by atoms with Gasteiger partial charge in [0.1, 0.15) is 0 Å². The van der Waals surface area contributed by atoms with E-state index in [1.54, 1.807) is 0 Å². The molecule has 3 heteroatoms. The first-order valence-corrected chi connectivity index (χ1v) is 5.83. The van der Waals surface area contributed by atoms with Crippen LogP contribution in [-0.4, -0.2) is 63.2 Å². The van der Waals surface area contributed by atoms with E-state index in [-0.39, 0.29) is 0 Å². The van der Waals surface area contributed by atoms with Crippen LogP contribution in [0.25, 0.3) is 0 Å². The lowest BCUT2D eigenvalue weighted by Gasteiger charge is -2.18. The Hall–Kier alpha value is -0.120. The van der Waals surface area contributed by atoms with Crippen LogP contribution in [-0.2, 0) is 0 Å². The van der Waals surface area contributed by atoms with Gasteiger partial charge in [0.25, 0.3) is 0 Å². The third-order valence-corrected chi connectivity index (χ3v) is 3.54. The molecule has 0 bridgehead atoms. The van der Waals surface area contributed by atoms with Crippen molar-refractivity contribution < 1.29 is 0 Å². The third-order valence-electron chi connectivity index (χ3n) is 3.54. The van der Waals surface area contributed by atoms with Gasteiger partial charge in [-0.2, -0.15) is 0 Å². The Morgan fingerprint density at radius 3 is 2.43 bits per heavy atom. The standard InChI is InChI=1S/C11H23N3/c1-13(2)4-3-5-14-8-10-6-12-7-11(10)9-14/h10-12H,3-9H2,1-2H3. The molecule has 2 atom stereocenters. The fourth-order valence-electron chi connectivity index (χ4n) is 2.75. The summed E-state index contributed by atoms with van der Waals surface area (Å²) in [6.07, 6.45) is 1.32. The number of rotatable bonds is 4. The number of nitrogens with zero attached hydrogens (tertiary/aromatic N) is 2. The molecule has 1 N–H and O–H groups in total. The summed E-state index contributed by atoms with van der Waals surface area (Å²) in [5, 5.41) is 3.48. The van der Waals surface area contributed by atoms with Crippen molar-refractivity contribution >= 4 is 0 Å². The maximum absolute atomic E-state index is 3.48. The molecule has 0 radical (unpaired) electrons. The summed E-state index contributed by atoms with van der Waals surface area (Å²) in [5.41, 5.74) is 0. The second-order valence-electron chi connectivity index (χ2n) is 5.09. The largest absolute Gasteiger partial charge is 0.316 e. The van der Waals surface area contributed by atoms with Gasteiger partial charge in [0.15, 0.2) is 0 Å². The van der Waals surface area contributed by atoms with Gasteiger partial charge < -0.3 is 15.1 Å². The minimum atomic E-state index is 0.953. The average molecular weight is 197 g/mol. The number of hydrogen-bond acceptors (Lipinski definition) is 3. The second kappa shape index (κ2) is 4.60. The molecule has 0 saturated carbocycles. The van der Waals surface area contributed by atoms with Crippen LogP contribution >= 0.6 is 0 Å². The second-order valence-corrected chi connectivity index (χ2v) is 5.09. The van der Waals surface area contributed by atoms with Crippen LogP contribution in [0.1, 0.15) is 6.42 Å². The highest BCUT2D eigenvalue weighted by molar-refractivity contribution is 4.90. The zero-order valence-electron chi connectivity index (χ0n) is 9.50. The lowest BCUT2D eigenvalue weighted by molar-refractivity contribution is 0.286. The number of likely N-dealkylation sites (tertiary alicyclic amines) is 1. The molecule has 0 amide bonds. The van der Waals surface area contributed by atoms with Crippen molar-refractivity contribution in [3.05, 3.63) is 0 Å². The Morgan fingerprint density at radius 1 is 1.21 bits per heavy atom. The first-order chi connectivity index (χ1) is 6.75. The summed E-state index contributed by atoms with van der Waals surface area (Å²) in [7, 11) is 4.31. The zero-order chi connectivity index (χ0) is 9.97. The molecule has 2 saturated heterocycles. The van der Waals surface area contributed by atoms with E-state index in [1.165, 1.54) is 45.7 Å². The molecule has 82 valence electrons. The van der Waals surface area contributed by atoms with Crippen molar-refractivity contribution in [2.24, 2.45) is 11.8 Å². The van der Waals surface area contributed by atoms with Crippen LogP contribution in [0.2, 0.25) is 0 Å². The summed E-state index contributed by atoms with van der Waals surface area (Å²) in [6.45, 7) is 7.72. The molecule has 2 rings (SSSR count).